The van der Waals surface area contributed by atoms with E-state index in [1.54, 1.807) is 0 Å². The Balaban J connectivity index is 1.22. The first-order chi connectivity index (χ1) is 13.2. The van der Waals surface area contributed by atoms with Gasteiger partial charge >= 0.3 is 0 Å². The zero-order valence-corrected chi connectivity index (χ0v) is 16.0. The lowest BCUT2D eigenvalue weighted by atomic mass is 9.99. The number of rotatable bonds is 6. The zero-order chi connectivity index (χ0) is 18.6. The second-order valence-electron chi connectivity index (χ2n) is 7.72. The number of nitrogens with one attached hydrogen (secondary N) is 1. The number of carbonyl (C=O) groups excluding carboxylic acids is 1. The molecule has 0 fully saturated rings. The minimum absolute atomic E-state index is 0.0558. The van der Waals surface area contributed by atoms with E-state index in [1.165, 1.54) is 28.7 Å². The van der Waals surface area contributed by atoms with Gasteiger partial charge in [-0.3, -0.25) is 9.69 Å². The molecule has 1 amide bonds. The summed E-state index contributed by atoms with van der Waals surface area (Å²) in [6.45, 7) is 4.90. The molecule has 1 N–H and O–H groups in total. The van der Waals surface area contributed by atoms with Gasteiger partial charge in [-0.15, -0.1) is 0 Å². The quantitative estimate of drug-likeness (QED) is 0.856. The first kappa shape index (κ1) is 18.1. The van der Waals surface area contributed by atoms with Crippen LogP contribution < -0.4 is 10.1 Å². The summed E-state index contributed by atoms with van der Waals surface area (Å²) in [6, 6.07) is 15.1. The van der Waals surface area contributed by atoms with E-state index >= 15 is 0 Å². The number of aryl methyl sites for hydroxylation is 2. The lowest BCUT2D eigenvalue weighted by molar-refractivity contribution is -0.123. The van der Waals surface area contributed by atoms with Crippen LogP contribution in [0.5, 0.6) is 5.75 Å². The second kappa shape index (κ2) is 8.13. The second-order valence-corrected chi connectivity index (χ2v) is 7.72. The average Bonchev–Trinajstić information content (AvgIpc) is 3.18. The van der Waals surface area contributed by atoms with Crippen molar-refractivity contribution in [2.24, 2.45) is 0 Å². The molecule has 1 aliphatic carbocycles. The molecular formula is C23H28N2O2. The van der Waals surface area contributed by atoms with Crippen molar-refractivity contribution in [3.8, 4) is 5.75 Å². The monoisotopic (exact) mass is 364 g/mol. The summed E-state index contributed by atoms with van der Waals surface area (Å²) in [5, 5.41) is 3.02. The van der Waals surface area contributed by atoms with E-state index in [4.69, 9.17) is 4.74 Å². The van der Waals surface area contributed by atoms with Crippen molar-refractivity contribution in [1.82, 2.24) is 10.2 Å². The highest BCUT2D eigenvalue weighted by molar-refractivity contribution is 5.77. The predicted octanol–water partition coefficient (Wildman–Crippen LogP) is 3.12. The number of nitrogens with zero attached hydrogens (tertiary/aromatic N) is 1. The third kappa shape index (κ3) is 4.33. The highest BCUT2D eigenvalue weighted by Gasteiger charge is 2.20. The summed E-state index contributed by atoms with van der Waals surface area (Å²) < 4.78 is 5.69. The van der Waals surface area contributed by atoms with Gasteiger partial charge < -0.3 is 10.1 Å². The molecule has 1 unspecified atom stereocenters. The van der Waals surface area contributed by atoms with Crippen molar-refractivity contribution in [3.05, 3.63) is 64.7 Å². The normalized spacial score (nSPS) is 17.1. The third-order valence-corrected chi connectivity index (χ3v) is 5.82. The smallest absolute Gasteiger partial charge is 0.257 e. The Morgan fingerprint density at radius 2 is 1.85 bits per heavy atom. The van der Waals surface area contributed by atoms with Gasteiger partial charge in [-0.2, -0.15) is 0 Å². The zero-order valence-electron chi connectivity index (χ0n) is 16.0. The van der Waals surface area contributed by atoms with Crippen molar-refractivity contribution >= 4 is 5.91 Å². The number of hydrogen-bond donors (Lipinski definition) is 1. The summed E-state index contributed by atoms with van der Waals surface area (Å²) >= 11 is 0. The fourth-order valence-electron chi connectivity index (χ4n) is 4.12. The van der Waals surface area contributed by atoms with E-state index < -0.39 is 0 Å². The van der Waals surface area contributed by atoms with Crippen LogP contribution in [0.2, 0.25) is 0 Å². The molecular weight excluding hydrogens is 336 g/mol. The Bertz CT molecular complexity index is 818. The van der Waals surface area contributed by atoms with Crippen LogP contribution in [0.4, 0.5) is 0 Å². The van der Waals surface area contributed by atoms with Crippen molar-refractivity contribution in [2.75, 3.05) is 19.7 Å². The molecule has 2 aromatic carbocycles. The maximum absolute atomic E-state index is 12.2. The van der Waals surface area contributed by atoms with Gasteiger partial charge in [0.2, 0.25) is 0 Å². The van der Waals surface area contributed by atoms with Crippen LogP contribution in [0.1, 0.15) is 35.6 Å². The molecule has 0 saturated carbocycles. The van der Waals surface area contributed by atoms with Crippen LogP contribution >= 0.6 is 0 Å². The van der Waals surface area contributed by atoms with Gasteiger partial charge in [0.1, 0.15) is 5.75 Å². The molecule has 4 rings (SSSR count). The minimum atomic E-state index is -0.0558. The van der Waals surface area contributed by atoms with Crippen LogP contribution in [0, 0.1) is 0 Å². The Labute approximate surface area is 161 Å². The lowest BCUT2D eigenvalue weighted by Crippen LogP contribution is -2.45. The van der Waals surface area contributed by atoms with E-state index in [9.17, 15) is 4.79 Å². The number of benzene rings is 2. The SMILES string of the molecule is CC(CNC(=O)COc1ccc2c(c1)CCC2)N1CCc2ccccc2C1. The van der Waals surface area contributed by atoms with Crippen molar-refractivity contribution in [2.45, 2.75) is 45.2 Å². The van der Waals surface area contributed by atoms with Crippen molar-refractivity contribution in [3.63, 3.8) is 0 Å². The van der Waals surface area contributed by atoms with Crippen LogP contribution in [-0.4, -0.2) is 36.5 Å². The van der Waals surface area contributed by atoms with E-state index in [0.717, 1.165) is 38.1 Å². The third-order valence-electron chi connectivity index (χ3n) is 5.82. The van der Waals surface area contributed by atoms with Gasteiger partial charge in [-0.1, -0.05) is 30.3 Å². The standard InChI is InChI=1S/C23H28N2O2/c1-17(25-12-11-19-5-2-3-6-21(19)15-25)14-24-23(26)16-27-22-10-9-18-7-4-8-20(18)13-22/h2-3,5-6,9-10,13,17H,4,7-8,11-12,14-16H2,1H3,(H,24,26). The summed E-state index contributed by atoms with van der Waals surface area (Å²) in [7, 11) is 0. The first-order valence-electron chi connectivity index (χ1n) is 10.0. The number of fused-ring (bicyclic) bond motifs is 2. The molecule has 1 heterocycles. The van der Waals surface area contributed by atoms with Gasteiger partial charge in [0.25, 0.3) is 5.91 Å². The maximum atomic E-state index is 12.2. The van der Waals surface area contributed by atoms with Gasteiger partial charge in [-0.05, 0) is 67.0 Å². The van der Waals surface area contributed by atoms with Gasteiger partial charge in [-0.25, -0.2) is 0 Å². The molecule has 4 nitrogen and oxygen atoms in total. The first-order valence-corrected chi connectivity index (χ1v) is 10.0. The number of amides is 1. The molecule has 0 spiro atoms. The fourth-order valence-corrected chi connectivity index (χ4v) is 4.12. The van der Waals surface area contributed by atoms with Crippen LogP contribution in [0.3, 0.4) is 0 Å². The average molecular weight is 364 g/mol. The van der Waals surface area contributed by atoms with Crippen LogP contribution in [0.15, 0.2) is 42.5 Å². The molecule has 0 bridgehead atoms. The lowest BCUT2D eigenvalue weighted by Gasteiger charge is -2.33. The number of hydrogen-bond acceptors (Lipinski definition) is 3. The molecule has 1 aliphatic heterocycles. The van der Waals surface area contributed by atoms with Crippen molar-refractivity contribution < 1.29 is 9.53 Å². The summed E-state index contributed by atoms with van der Waals surface area (Å²) in [5.74, 6) is 0.742. The molecule has 1 atom stereocenters. The largest absolute Gasteiger partial charge is 0.484 e. The van der Waals surface area contributed by atoms with Crippen LogP contribution in [-0.2, 0) is 30.6 Å². The van der Waals surface area contributed by atoms with E-state index in [-0.39, 0.29) is 12.5 Å². The molecule has 2 aromatic rings. The molecule has 27 heavy (non-hydrogen) atoms. The maximum Gasteiger partial charge on any atom is 0.257 e. The highest BCUT2D eigenvalue weighted by atomic mass is 16.5. The fraction of sp³-hybridized carbons (Fsp3) is 0.435. The van der Waals surface area contributed by atoms with E-state index in [0.29, 0.717) is 12.6 Å². The molecule has 2 aliphatic rings. The summed E-state index contributed by atoms with van der Waals surface area (Å²) in [5.41, 5.74) is 5.64. The minimum Gasteiger partial charge on any atom is -0.484 e. The predicted molar refractivity (Wildman–Crippen MR) is 107 cm³/mol. The Hall–Kier alpha value is -2.33. The van der Waals surface area contributed by atoms with E-state index in [2.05, 4.69) is 53.5 Å². The molecule has 0 aromatic heterocycles. The Kier molecular flexibility index (Phi) is 5.44. The molecule has 0 radical (unpaired) electrons. The Morgan fingerprint density at radius 1 is 1.07 bits per heavy atom. The summed E-state index contributed by atoms with van der Waals surface area (Å²) in [4.78, 5) is 14.6. The number of ether oxygens (including phenoxy) is 1. The van der Waals surface area contributed by atoms with Gasteiger partial charge in [0.05, 0.1) is 0 Å². The molecule has 142 valence electrons. The van der Waals surface area contributed by atoms with Crippen molar-refractivity contribution in [1.29, 1.82) is 0 Å². The van der Waals surface area contributed by atoms with Gasteiger partial charge in [0.15, 0.2) is 6.61 Å². The molecule has 4 heteroatoms. The highest BCUT2D eigenvalue weighted by Crippen LogP contribution is 2.26. The number of carbonyl (C=O) groups is 1. The van der Waals surface area contributed by atoms with Crippen LogP contribution in [0.25, 0.3) is 0 Å². The van der Waals surface area contributed by atoms with Gasteiger partial charge in [0, 0.05) is 25.7 Å². The molecule has 0 saturated heterocycles. The topological polar surface area (TPSA) is 41.6 Å². The summed E-state index contributed by atoms with van der Waals surface area (Å²) in [6.07, 6.45) is 4.58. The van der Waals surface area contributed by atoms with E-state index in [1.807, 2.05) is 6.07 Å². The Morgan fingerprint density at radius 3 is 2.74 bits per heavy atom.